The second-order valence-electron chi connectivity index (χ2n) is 5.26. The Morgan fingerprint density at radius 1 is 1.42 bits per heavy atom. The van der Waals surface area contributed by atoms with E-state index in [-0.39, 0.29) is 30.3 Å². The Bertz CT molecular complexity index is 454. The van der Waals surface area contributed by atoms with Crippen molar-refractivity contribution in [1.29, 1.82) is 0 Å². The maximum absolute atomic E-state index is 11.2. The van der Waals surface area contributed by atoms with Gasteiger partial charge in [-0.15, -0.1) is 0 Å². The molecule has 7 nitrogen and oxygen atoms in total. The van der Waals surface area contributed by atoms with E-state index >= 15 is 0 Å². The van der Waals surface area contributed by atoms with E-state index in [1.54, 1.807) is 11.6 Å². The SMILES string of the molecule is Cc1nn(C(C)C)c(N[C@H](CO)C(C)C)c1[N+](=O)[O-]. The quantitative estimate of drug-likeness (QED) is 0.610. The molecule has 0 aliphatic carbocycles. The van der Waals surface area contributed by atoms with Crippen LogP contribution >= 0.6 is 0 Å². The maximum atomic E-state index is 11.2. The number of nitrogens with one attached hydrogen (secondary N) is 1. The minimum Gasteiger partial charge on any atom is -0.394 e. The van der Waals surface area contributed by atoms with Crippen molar-refractivity contribution < 1.29 is 10.0 Å². The zero-order valence-corrected chi connectivity index (χ0v) is 12.0. The van der Waals surface area contributed by atoms with Gasteiger partial charge in [0.15, 0.2) is 0 Å². The molecule has 1 aromatic heterocycles. The van der Waals surface area contributed by atoms with Crippen LogP contribution in [0.4, 0.5) is 11.5 Å². The zero-order chi connectivity index (χ0) is 14.7. The molecule has 0 spiro atoms. The van der Waals surface area contributed by atoms with Gasteiger partial charge in [0.25, 0.3) is 0 Å². The fraction of sp³-hybridized carbons (Fsp3) is 0.750. The highest BCUT2D eigenvalue weighted by atomic mass is 16.6. The summed E-state index contributed by atoms with van der Waals surface area (Å²) < 4.78 is 1.60. The number of aromatic nitrogens is 2. The molecule has 0 aliphatic heterocycles. The largest absolute Gasteiger partial charge is 0.394 e. The molecule has 1 atom stereocenters. The third kappa shape index (κ3) is 3.23. The van der Waals surface area contributed by atoms with Crippen LogP contribution in [0.1, 0.15) is 39.4 Å². The van der Waals surface area contributed by atoms with Crippen molar-refractivity contribution in [3.8, 4) is 0 Å². The van der Waals surface area contributed by atoms with Gasteiger partial charge in [0.2, 0.25) is 5.82 Å². The van der Waals surface area contributed by atoms with Crippen LogP contribution in [0.3, 0.4) is 0 Å². The molecule has 7 heteroatoms. The number of nitro groups is 1. The van der Waals surface area contributed by atoms with E-state index in [2.05, 4.69) is 10.4 Å². The molecular formula is C12H22N4O3. The number of rotatable bonds is 6. The molecular weight excluding hydrogens is 248 g/mol. The molecule has 0 saturated carbocycles. The van der Waals surface area contributed by atoms with Crippen LogP contribution in [0.25, 0.3) is 0 Å². The number of aliphatic hydroxyl groups excluding tert-OH is 1. The van der Waals surface area contributed by atoms with Crippen molar-refractivity contribution in [3.63, 3.8) is 0 Å². The number of hydrogen-bond acceptors (Lipinski definition) is 5. The molecule has 0 unspecified atom stereocenters. The summed E-state index contributed by atoms with van der Waals surface area (Å²) in [5, 5.41) is 27.8. The first kappa shape index (κ1) is 15.4. The Balaban J connectivity index is 3.25. The van der Waals surface area contributed by atoms with Gasteiger partial charge in [-0.25, -0.2) is 4.68 Å². The summed E-state index contributed by atoms with van der Waals surface area (Å²) in [6.07, 6.45) is 0. The molecule has 2 N–H and O–H groups in total. The fourth-order valence-electron chi connectivity index (χ4n) is 1.86. The molecule has 108 valence electrons. The number of aryl methyl sites for hydroxylation is 1. The first-order valence-electron chi connectivity index (χ1n) is 6.40. The maximum Gasteiger partial charge on any atom is 0.333 e. The summed E-state index contributed by atoms with van der Waals surface area (Å²) in [7, 11) is 0. The fourth-order valence-corrected chi connectivity index (χ4v) is 1.86. The van der Waals surface area contributed by atoms with E-state index in [4.69, 9.17) is 0 Å². The lowest BCUT2D eigenvalue weighted by Crippen LogP contribution is -2.31. The normalized spacial score (nSPS) is 13.1. The predicted molar refractivity (Wildman–Crippen MR) is 73.3 cm³/mol. The van der Waals surface area contributed by atoms with Gasteiger partial charge in [-0.05, 0) is 26.7 Å². The zero-order valence-electron chi connectivity index (χ0n) is 12.0. The highest BCUT2D eigenvalue weighted by Gasteiger charge is 2.28. The van der Waals surface area contributed by atoms with E-state index in [1.165, 1.54) is 0 Å². The summed E-state index contributed by atoms with van der Waals surface area (Å²) in [5.74, 6) is 0.519. The van der Waals surface area contributed by atoms with Crippen LogP contribution in [0.5, 0.6) is 0 Å². The summed E-state index contributed by atoms with van der Waals surface area (Å²) >= 11 is 0. The molecule has 0 saturated heterocycles. The minimum absolute atomic E-state index is 0.00130. The van der Waals surface area contributed by atoms with Crippen LogP contribution in [0.15, 0.2) is 0 Å². The predicted octanol–water partition coefficient (Wildman–Crippen LogP) is 2.11. The molecule has 0 aromatic carbocycles. The lowest BCUT2D eigenvalue weighted by Gasteiger charge is -2.22. The summed E-state index contributed by atoms with van der Waals surface area (Å²) in [6.45, 7) is 9.24. The van der Waals surface area contributed by atoms with Crippen LogP contribution in [0.2, 0.25) is 0 Å². The summed E-state index contributed by atoms with van der Waals surface area (Å²) in [6, 6.07) is -0.242. The lowest BCUT2D eigenvalue weighted by atomic mass is 10.1. The molecule has 1 heterocycles. The number of aliphatic hydroxyl groups is 1. The van der Waals surface area contributed by atoms with Crippen molar-refractivity contribution in [2.24, 2.45) is 5.92 Å². The first-order valence-corrected chi connectivity index (χ1v) is 6.40. The van der Waals surface area contributed by atoms with Gasteiger partial charge >= 0.3 is 5.69 Å². The Morgan fingerprint density at radius 2 is 2.00 bits per heavy atom. The van der Waals surface area contributed by atoms with E-state index < -0.39 is 4.92 Å². The second-order valence-corrected chi connectivity index (χ2v) is 5.26. The molecule has 1 rings (SSSR count). The molecule has 0 fully saturated rings. The summed E-state index contributed by atoms with van der Waals surface area (Å²) in [4.78, 5) is 10.7. The third-order valence-electron chi connectivity index (χ3n) is 3.05. The van der Waals surface area contributed by atoms with Gasteiger partial charge in [-0.1, -0.05) is 13.8 Å². The molecule has 0 bridgehead atoms. The monoisotopic (exact) mass is 270 g/mol. The molecule has 0 radical (unpaired) electrons. The Morgan fingerprint density at radius 3 is 2.37 bits per heavy atom. The van der Waals surface area contributed by atoms with Gasteiger partial charge in [0.05, 0.1) is 17.6 Å². The number of hydrogen-bond donors (Lipinski definition) is 2. The number of anilines is 1. The van der Waals surface area contributed by atoms with Crippen LogP contribution < -0.4 is 5.32 Å². The molecule has 0 amide bonds. The van der Waals surface area contributed by atoms with Crippen molar-refractivity contribution >= 4 is 11.5 Å². The first-order chi connectivity index (χ1) is 8.79. The smallest absolute Gasteiger partial charge is 0.333 e. The van der Waals surface area contributed by atoms with Gasteiger partial charge in [0.1, 0.15) is 5.69 Å². The van der Waals surface area contributed by atoms with Gasteiger partial charge in [0, 0.05) is 6.04 Å². The Labute approximate surface area is 112 Å². The lowest BCUT2D eigenvalue weighted by molar-refractivity contribution is -0.384. The van der Waals surface area contributed by atoms with Crippen LogP contribution in [-0.4, -0.2) is 32.5 Å². The highest BCUT2D eigenvalue weighted by molar-refractivity contribution is 5.60. The van der Waals surface area contributed by atoms with Crippen molar-refractivity contribution in [3.05, 3.63) is 15.8 Å². The number of nitrogens with zero attached hydrogens (tertiary/aromatic N) is 3. The Hall–Kier alpha value is -1.63. The van der Waals surface area contributed by atoms with E-state index in [0.717, 1.165) is 0 Å². The van der Waals surface area contributed by atoms with Crippen molar-refractivity contribution in [1.82, 2.24) is 9.78 Å². The van der Waals surface area contributed by atoms with E-state index in [9.17, 15) is 15.2 Å². The molecule has 1 aromatic rings. The van der Waals surface area contributed by atoms with Crippen molar-refractivity contribution in [2.75, 3.05) is 11.9 Å². The molecule has 0 aliphatic rings. The van der Waals surface area contributed by atoms with Crippen LogP contribution in [0, 0.1) is 23.0 Å². The van der Waals surface area contributed by atoms with E-state index in [0.29, 0.717) is 11.5 Å². The Kier molecular flexibility index (Phi) is 4.88. The summed E-state index contributed by atoms with van der Waals surface area (Å²) in [5.41, 5.74) is 0.356. The minimum atomic E-state index is -0.432. The van der Waals surface area contributed by atoms with Crippen molar-refractivity contribution in [2.45, 2.75) is 46.7 Å². The van der Waals surface area contributed by atoms with Gasteiger partial charge in [-0.3, -0.25) is 10.1 Å². The average molecular weight is 270 g/mol. The topological polar surface area (TPSA) is 93.2 Å². The van der Waals surface area contributed by atoms with Gasteiger partial charge < -0.3 is 10.4 Å². The second kappa shape index (κ2) is 6.01. The van der Waals surface area contributed by atoms with Crippen LogP contribution in [-0.2, 0) is 0 Å². The highest BCUT2D eigenvalue weighted by Crippen LogP contribution is 2.31. The van der Waals surface area contributed by atoms with E-state index in [1.807, 2.05) is 27.7 Å². The van der Waals surface area contributed by atoms with Gasteiger partial charge in [-0.2, -0.15) is 5.10 Å². The molecule has 19 heavy (non-hydrogen) atoms. The third-order valence-corrected chi connectivity index (χ3v) is 3.05. The standard InChI is InChI=1S/C12H22N4O3/c1-7(2)10(6-17)13-12-11(16(18)19)9(5)14-15(12)8(3)4/h7-8,10,13,17H,6H2,1-5H3/t10-/m1/s1. The average Bonchev–Trinajstić information content (AvgIpc) is 2.62.